The molecule has 0 bridgehead atoms. The number of nitrogens with one attached hydrogen (secondary N) is 2. The molecule has 7 heteroatoms. The number of benzene rings is 2. The van der Waals surface area contributed by atoms with E-state index in [0.717, 1.165) is 28.0 Å². The van der Waals surface area contributed by atoms with Gasteiger partial charge in [-0.3, -0.25) is 9.59 Å². The zero-order valence-corrected chi connectivity index (χ0v) is 19.2. The number of hydrogen-bond acceptors (Lipinski definition) is 5. The molecule has 2 heterocycles. The minimum Gasteiger partial charge on any atom is -0.459 e. The fraction of sp³-hybridized carbons (Fsp3) is 0.148. The standard InChI is InChI=1S/C27H25N3O4/c1-17-6-7-19(3)24(13-17)34-25-11-9-20(15-28-25)16-29-26(31)21-10-8-18(2)22(14-21)30-27(32)23-5-4-12-33-23/h4-15H,16H2,1-3H3,(H,29,31)(H,30,32). The largest absolute Gasteiger partial charge is 0.459 e. The van der Waals surface area contributed by atoms with E-state index < -0.39 is 0 Å². The molecule has 0 saturated carbocycles. The smallest absolute Gasteiger partial charge is 0.291 e. The molecule has 0 unspecified atom stereocenters. The van der Waals surface area contributed by atoms with Crippen molar-refractivity contribution in [1.29, 1.82) is 0 Å². The van der Waals surface area contributed by atoms with Crippen molar-refractivity contribution in [2.24, 2.45) is 0 Å². The third-order valence-corrected chi connectivity index (χ3v) is 5.30. The third kappa shape index (κ3) is 5.50. The maximum Gasteiger partial charge on any atom is 0.291 e. The van der Waals surface area contributed by atoms with Crippen LogP contribution >= 0.6 is 0 Å². The van der Waals surface area contributed by atoms with Crippen LogP contribution in [0, 0.1) is 20.8 Å². The number of carbonyl (C=O) groups is 2. The number of hydrogen-bond donors (Lipinski definition) is 2. The van der Waals surface area contributed by atoms with Crippen molar-refractivity contribution < 1.29 is 18.7 Å². The molecule has 2 aromatic heterocycles. The van der Waals surface area contributed by atoms with E-state index in [-0.39, 0.29) is 17.6 Å². The number of nitrogens with zero attached hydrogens (tertiary/aromatic N) is 1. The Kier molecular flexibility index (Phi) is 6.73. The summed E-state index contributed by atoms with van der Waals surface area (Å²) in [6, 6.07) is 18.0. The molecule has 4 rings (SSSR count). The van der Waals surface area contributed by atoms with Crippen molar-refractivity contribution in [3.8, 4) is 11.6 Å². The molecule has 7 nitrogen and oxygen atoms in total. The first-order valence-corrected chi connectivity index (χ1v) is 10.8. The van der Waals surface area contributed by atoms with Crippen LogP contribution in [0.1, 0.15) is 43.2 Å². The highest BCUT2D eigenvalue weighted by Crippen LogP contribution is 2.25. The van der Waals surface area contributed by atoms with Crippen LogP contribution in [0.25, 0.3) is 0 Å². The first kappa shape index (κ1) is 22.8. The highest BCUT2D eigenvalue weighted by Gasteiger charge is 2.13. The van der Waals surface area contributed by atoms with Gasteiger partial charge in [-0.2, -0.15) is 0 Å². The molecule has 0 spiro atoms. The highest BCUT2D eigenvalue weighted by molar-refractivity contribution is 6.03. The number of pyridine rings is 1. The van der Waals surface area contributed by atoms with Gasteiger partial charge in [0.05, 0.1) is 6.26 Å². The average Bonchev–Trinajstić information content (AvgIpc) is 3.37. The molecule has 0 atom stereocenters. The SMILES string of the molecule is Cc1ccc(C)c(Oc2ccc(CNC(=O)c3ccc(C)c(NC(=O)c4ccco4)c3)cn2)c1. The molecule has 2 amide bonds. The zero-order chi connectivity index (χ0) is 24.1. The number of amides is 2. The van der Waals surface area contributed by atoms with Crippen LogP contribution in [0.15, 0.2) is 77.5 Å². The first-order chi connectivity index (χ1) is 16.4. The Labute approximate surface area is 197 Å². The van der Waals surface area contributed by atoms with Gasteiger partial charge in [-0.05, 0) is 73.4 Å². The fourth-order valence-corrected chi connectivity index (χ4v) is 3.28. The van der Waals surface area contributed by atoms with Crippen LogP contribution in [-0.2, 0) is 6.54 Å². The number of carbonyl (C=O) groups excluding carboxylic acids is 2. The van der Waals surface area contributed by atoms with E-state index in [1.807, 2.05) is 45.0 Å². The topological polar surface area (TPSA) is 93.5 Å². The van der Waals surface area contributed by atoms with Crippen molar-refractivity contribution in [2.75, 3.05) is 5.32 Å². The Morgan fingerprint density at radius 1 is 0.941 bits per heavy atom. The first-order valence-electron chi connectivity index (χ1n) is 10.8. The van der Waals surface area contributed by atoms with Crippen LogP contribution in [0.2, 0.25) is 0 Å². The van der Waals surface area contributed by atoms with Gasteiger partial charge in [0.15, 0.2) is 5.76 Å². The highest BCUT2D eigenvalue weighted by atomic mass is 16.5. The van der Waals surface area contributed by atoms with Crippen molar-refractivity contribution >= 4 is 17.5 Å². The summed E-state index contributed by atoms with van der Waals surface area (Å²) in [4.78, 5) is 29.3. The van der Waals surface area contributed by atoms with Gasteiger partial charge in [0.25, 0.3) is 11.8 Å². The second-order valence-electron chi connectivity index (χ2n) is 8.02. The second kappa shape index (κ2) is 10.0. The number of ether oxygens (including phenoxy) is 1. The van der Waals surface area contributed by atoms with Crippen LogP contribution < -0.4 is 15.4 Å². The van der Waals surface area contributed by atoms with E-state index in [1.165, 1.54) is 6.26 Å². The summed E-state index contributed by atoms with van der Waals surface area (Å²) in [5, 5.41) is 5.66. The second-order valence-corrected chi connectivity index (χ2v) is 8.02. The minimum absolute atomic E-state index is 0.201. The summed E-state index contributed by atoms with van der Waals surface area (Å²) < 4.78 is 11.0. The van der Waals surface area contributed by atoms with E-state index >= 15 is 0 Å². The van der Waals surface area contributed by atoms with Crippen LogP contribution in [-0.4, -0.2) is 16.8 Å². The molecule has 2 aromatic carbocycles. The van der Waals surface area contributed by atoms with E-state index in [1.54, 1.807) is 42.6 Å². The molecule has 2 N–H and O–H groups in total. The molecule has 34 heavy (non-hydrogen) atoms. The Morgan fingerprint density at radius 2 is 1.76 bits per heavy atom. The summed E-state index contributed by atoms with van der Waals surface area (Å²) in [5.41, 5.74) is 4.79. The number of aromatic nitrogens is 1. The van der Waals surface area contributed by atoms with Crippen molar-refractivity contribution in [2.45, 2.75) is 27.3 Å². The summed E-state index contributed by atoms with van der Waals surface area (Å²) in [5.74, 6) is 0.818. The summed E-state index contributed by atoms with van der Waals surface area (Å²) in [7, 11) is 0. The predicted molar refractivity (Wildman–Crippen MR) is 129 cm³/mol. The summed E-state index contributed by atoms with van der Waals surface area (Å²) in [6.07, 6.45) is 3.10. The fourth-order valence-electron chi connectivity index (χ4n) is 3.28. The lowest BCUT2D eigenvalue weighted by atomic mass is 10.1. The van der Waals surface area contributed by atoms with Crippen molar-refractivity contribution in [1.82, 2.24) is 10.3 Å². The zero-order valence-electron chi connectivity index (χ0n) is 19.2. The van der Waals surface area contributed by atoms with Crippen molar-refractivity contribution in [3.05, 3.63) is 107 Å². The van der Waals surface area contributed by atoms with Gasteiger partial charge in [0.1, 0.15) is 5.75 Å². The van der Waals surface area contributed by atoms with Crippen molar-refractivity contribution in [3.63, 3.8) is 0 Å². The van der Waals surface area contributed by atoms with E-state index in [2.05, 4.69) is 15.6 Å². The summed E-state index contributed by atoms with van der Waals surface area (Å²) >= 11 is 0. The Bertz CT molecular complexity index is 1310. The molecule has 0 aliphatic carbocycles. The summed E-state index contributed by atoms with van der Waals surface area (Å²) in [6.45, 7) is 6.15. The molecule has 0 fully saturated rings. The van der Waals surface area contributed by atoms with E-state index in [9.17, 15) is 9.59 Å². The minimum atomic E-state index is -0.375. The molecule has 0 aliphatic rings. The Morgan fingerprint density at radius 3 is 2.50 bits per heavy atom. The lowest BCUT2D eigenvalue weighted by Crippen LogP contribution is -2.23. The van der Waals surface area contributed by atoms with E-state index in [0.29, 0.717) is 23.7 Å². The monoisotopic (exact) mass is 455 g/mol. The predicted octanol–water partition coefficient (Wildman–Crippen LogP) is 5.57. The number of aryl methyl sites for hydroxylation is 3. The molecular weight excluding hydrogens is 430 g/mol. The molecule has 0 aliphatic heterocycles. The Hall–Kier alpha value is -4.39. The number of rotatable bonds is 7. The Balaban J connectivity index is 1.37. The van der Waals surface area contributed by atoms with E-state index in [4.69, 9.17) is 9.15 Å². The van der Waals surface area contributed by atoms with Gasteiger partial charge < -0.3 is 19.8 Å². The average molecular weight is 456 g/mol. The number of furan rings is 1. The van der Waals surface area contributed by atoms with Gasteiger partial charge >= 0.3 is 0 Å². The van der Waals surface area contributed by atoms with Gasteiger partial charge in [-0.1, -0.05) is 24.3 Å². The lowest BCUT2D eigenvalue weighted by Gasteiger charge is -2.11. The van der Waals surface area contributed by atoms with Gasteiger partial charge in [0, 0.05) is 30.1 Å². The molecule has 0 saturated heterocycles. The van der Waals surface area contributed by atoms with Gasteiger partial charge in [-0.25, -0.2) is 4.98 Å². The third-order valence-electron chi connectivity index (χ3n) is 5.30. The normalized spacial score (nSPS) is 10.6. The molecular formula is C27H25N3O4. The maximum atomic E-state index is 12.7. The van der Waals surface area contributed by atoms with Crippen LogP contribution in [0.4, 0.5) is 5.69 Å². The lowest BCUT2D eigenvalue weighted by molar-refractivity contribution is 0.0949. The molecule has 4 aromatic rings. The van der Waals surface area contributed by atoms with Crippen LogP contribution in [0.3, 0.4) is 0 Å². The molecule has 172 valence electrons. The van der Waals surface area contributed by atoms with Gasteiger partial charge in [-0.15, -0.1) is 0 Å². The maximum absolute atomic E-state index is 12.7. The quantitative estimate of drug-likeness (QED) is 0.380. The molecule has 0 radical (unpaired) electrons. The van der Waals surface area contributed by atoms with Gasteiger partial charge in [0.2, 0.25) is 5.88 Å². The number of anilines is 1. The van der Waals surface area contributed by atoms with Crippen LogP contribution in [0.5, 0.6) is 11.6 Å².